The molecule has 2 heterocycles. The third kappa shape index (κ3) is 2.93. The smallest absolute Gasteiger partial charge is 0.254 e. The van der Waals surface area contributed by atoms with Gasteiger partial charge in [-0.15, -0.1) is 0 Å². The highest BCUT2D eigenvalue weighted by molar-refractivity contribution is 6.43. The molecule has 36 heavy (non-hydrogen) atoms. The lowest BCUT2D eigenvalue weighted by Gasteiger charge is -2.45. The van der Waals surface area contributed by atoms with Crippen molar-refractivity contribution >= 4 is 41.2 Å². The van der Waals surface area contributed by atoms with Gasteiger partial charge < -0.3 is 4.42 Å². The Morgan fingerprint density at radius 1 is 0.722 bits per heavy atom. The number of hydrogen-bond acceptors (Lipinski definition) is 4. The molecule has 1 aliphatic heterocycles. The summed E-state index contributed by atoms with van der Waals surface area (Å²) in [6, 6.07) is 25.0. The minimum absolute atomic E-state index is 0.163. The van der Waals surface area contributed by atoms with Crippen LogP contribution in [0.5, 0.6) is 0 Å². The Morgan fingerprint density at radius 2 is 1.28 bits per heavy atom. The van der Waals surface area contributed by atoms with Gasteiger partial charge in [-0.3, -0.25) is 9.59 Å². The maximum atomic E-state index is 13.6. The Kier molecular flexibility index (Phi) is 4.75. The molecule has 0 spiro atoms. The number of rotatable bonds is 3. The fourth-order valence-corrected chi connectivity index (χ4v) is 6.54. The van der Waals surface area contributed by atoms with E-state index in [1.807, 2.05) is 24.3 Å². The number of amides is 2. The summed E-state index contributed by atoms with van der Waals surface area (Å²) in [7, 11) is 0. The van der Waals surface area contributed by atoms with E-state index in [0.29, 0.717) is 27.1 Å². The summed E-state index contributed by atoms with van der Waals surface area (Å²) in [4.78, 5) is 27.2. The van der Waals surface area contributed by atoms with E-state index in [0.717, 1.165) is 27.3 Å². The molecule has 0 N–H and O–H groups in total. The Morgan fingerprint density at radius 3 is 1.83 bits per heavy atom. The molecule has 8 rings (SSSR count). The van der Waals surface area contributed by atoms with Crippen molar-refractivity contribution in [3.8, 4) is 11.3 Å². The molecule has 1 fully saturated rings. The number of nitrogens with zero attached hydrogens (tertiary/aromatic N) is 2. The van der Waals surface area contributed by atoms with Gasteiger partial charge in [0.25, 0.3) is 11.8 Å². The molecule has 176 valence electrons. The first-order valence-corrected chi connectivity index (χ1v) is 12.4. The van der Waals surface area contributed by atoms with Crippen LogP contribution in [0.1, 0.15) is 39.8 Å². The minimum Gasteiger partial charge on any atom is -0.455 e. The molecule has 3 aromatic carbocycles. The molecule has 4 aliphatic rings. The van der Waals surface area contributed by atoms with Crippen molar-refractivity contribution in [3.05, 3.63) is 117 Å². The standard InChI is InChI=1S/C29H18Cl2N2O3/c30-21-11-5-10-20(27(21)31)22-13-12-15(36-22)14-32-33-28(34)25-23-16-6-1-2-7-17(16)24(26(25)29(33)35)19-9-4-3-8-18(19)23/h1-14,23-26H/b32-14+. The van der Waals surface area contributed by atoms with Gasteiger partial charge in [0.05, 0.1) is 28.1 Å². The van der Waals surface area contributed by atoms with Gasteiger partial charge in [-0.2, -0.15) is 10.1 Å². The zero-order valence-electron chi connectivity index (χ0n) is 18.8. The molecule has 2 bridgehead atoms. The lowest BCUT2D eigenvalue weighted by molar-refractivity contribution is -0.139. The van der Waals surface area contributed by atoms with Crippen LogP contribution in [0.25, 0.3) is 11.3 Å². The quantitative estimate of drug-likeness (QED) is 0.233. The number of benzene rings is 3. The van der Waals surface area contributed by atoms with Gasteiger partial charge >= 0.3 is 0 Å². The van der Waals surface area contributed by atoms with Crippen LogP contribution in [0.2, 0.25) is 10.0 Å². The molecule has 0 radical (unpaired) electrons. The highest BCUT2D eigenvalue weighted by Gasteiger charge is 2.61. The van der Waals surface area contributed by atoms with Crippen molar-refractivity contribution < 1.29 is 14.0 Å². The first-order chi connectivity index (χ1) is 17.5. The Balaban J connectivity index is 1.24. The summed E-state index contributed by atoms with van der Waals surface area (Å²) in [5, 5.41) is 6.15. The van der Waals surface area contributed by atoms with Crippen LogP contribution < -0.4 is 0 Å². The molecule has 7 heteroatoms. The molecule has 2 atom stereocenters. The monoisotopic (exact) mass is 512 g/mol. The van der Waals surface area contributed by atoms with Gasteiger partial charge in [0.2, 0.25) is 0 Å². The van der Waals surface area contributed by atoms with Crippen LogP contribution in [0.4, 0.5) is 0 Å². The lowest BCUT2D eigenvalue weighted by Crippen LogP contribution is -2.41. The lowest BCUT2D eigenvalue weighted by atomic mass is 9.55. The van der Waals surface area contributed by atoms with E-state index < -0.39 is 11.8 Å². The zero-order valence-corrected chi connectivity index (χ0v) is 20.3. The molecule has 3 aliphatic carbocycles. The van der Waals surface area contributed by atoms with E-state index in [1.54, 1.807) is 30.3 Å². The molecule has 5 nitrogen and oxygen atoms in total. The van der Waals surface area contributed by atoms with Crippen molar-refractivity contribution in [1.29, 1.82) is 0 Å². The number of hydrazone groups is 1. The fraction of sp³-hybridized carbons (Fsp3) is 0.138. The summed E-state index contributed by atoms with van der Waals surface area (Å²) in [6.45, 7) is 0. The van der Waals surface area contributed by atoms with Gasteiger partial charge in [0, 0.05) is 17.4 Å². The average molecular weight is 513 g/mol. The van der Waals surface area contributed by atoms with Crippen molar-refractivity contribution in [2.24, 2.45) is 16.9 Å². The topological polar surface area (TPSA) is 62.9 Å². The van der Waals surface area contributed by atoms with Gasteiger partial charge in [-0.05, 0) is 46.5 Å². The summed E-state index contributed by atoms with van der Waals surface area (Å²) in [5.74, 6) is -0.904. The van der Waals surface area contributed by atoms with E-state index in [1.165, 1.54) is 6.21 Å². The molecule has 4 aromatic rings. The normalized spacial score (nSPS) is 23.8. The molecule has 1 saturated heterocycles. The second-order valence-electron chi connectivity index (χ2n) is 9.30. The molecule has 1 aromatic heterocycles. The van der Waals surface area contributed by atoms with E-state index in [-0.39, 0.29) is 23.7 Å². The van der Waals surface area contributed by atoms with Crippen molar-refractivity contribution in [3.63, 3.8) is 0 Å². The molecule has 2 amide bonds. The highest BCUT2D eigenvalue weighted by Crippen LogP contribution is 2.60. The molecular weight excluding hydrogens is 495 g/mol. The molecule has 0 saturated carbocycles. The Labute approximate surface area is 216 Å². The van der Waals surface area contributed by atoms with Crippen molar-refractivity contribution in [2.75, 3.05) is 0 Å². The number of imide groups is 1. The minimum atomic E-state index is -0.470. The summed E-state index contributed by atoms with van der Waals surface area (Å²) < 4.78 is 5.87. The third-order valence-corrected chi connectivity index (χ3v) is 8.39. The van der Waals surface area contributed by atoms with Crippen LogP contribution in [0, 0.1) is 11.8 Å². The summed E-state index contributed by atoms with van der Waals surface area (Å²) >= 11 is 12.4. The fourth-order valence-electron chi connectivity index (χ4n) is 6.15. The van der Waals surface area contributed by atoms with Crippen molar-refractivity contribution in [2.45, 2.75) is 11.8 Å². The van der Waals surface area contributed by atoms with Crippen LogP contribution >= 0.6 is 23.2 Å². The predicted octanol–water partition coefficient (Wildman–Crippen LogP) is 6.48. The highest BCUT2D eigenvalue weighted by atomic mass is 35.5. The number of furan rings is 1. The van der Waals surface area contributed by atoms with Crippen LogP contribution in [-0.2, 0) is 9.59 Å². The Bertz CT molecular complexity index is 1490. The number of halogens is 2. The van der Waals surface area contributed by atoms with Crippen LogP contribution in [-0.4, -0.2) is 23.0 Å². The van der Waals surface area contributed by atoms with E-state index >= 15 is 0 Å². The van der Waals surface area contributed by atoms with E-state index in [9.17, 15) is 9.59 Å². The second-order valence-corrected chi connectivity index (χ2v) is 10.1. The average Bonchev–Trinajstić information content (AvgIpc) is 3.47. The van der Waals surface area contributed by atoms with Gasteiger partial charge in [0.1, 0.15) is 11.5 Å². The first-order valence-electron chi connectivity index (χ1n) is 11.7. The van der Waals surface area contributed by atoms with Crippen molar-refractivity contribution in [1.82, 2.24) is 5.01 Å². The van der Waals surface area contributed by atoms with Crippen LogP contribution in [0.3, 0.4) is 0 Å². The van der Waals surface area contributed by atoms with Crippen LogP contribution in [0.15, 0.2) is 88.4 Å². The molecule has 2 unspecified atom stereocenters. The largest absolute Gasteiger partial charge is 0.455 e. The zero-order chi connectivity index (χ0) is 24.6. The summed E-state index contributed by atoms with van der Waals surface area (Å²) in [6.07, 6.45) is 1.40. The number of hydrogen-bond donors (Lipinski definition) is 0. The van der Waals surface area contributed by atoms with Gasteiger partial charge in [-0.25, -0.2) is 0 Å². The number of carbonyl (C=O) groups is 2. The number of carbonyl (C=O) groups excluding carboxylic acids is 2. The summed E-state index contributed by atoms with van der Waals surface area (Å²) in [5.41, 5.74) is 5.16. The van der Waals surface area contributed by atoms with E-state index in [4.69, 9.17) is 27.6 Å². The second kappa shape index (κ2) is 7.92. The maximum Gasteiger partial charge on any atom is 0.254 e. The van der Waals surface area contributed by atoms with Gasteiger partial charge in [0.15, 0.2) is 0 Å². The van der Waals surface area contributed by atoms with Gasteiger partial charge in [-0.1, -0.05) is 77.8 Å². The SMILES string of the molecule is O=C1C2C3c4ccccc4C(c4ccccc43)C2C(=O)N1/N=C/c1ccc(-c2cccc(Cl)c2Cl)o1. The Hall–Kier alpha value is -3.67. The third-order valence-electron chi connectivity index (χ3n) is 7.57. The first kappa shape index (κ1) is 21.6. The maximum absolute atomic E-state index is 13.6. The molecular formula is C29H18Cl2N2O3. The van der Waals surface area contributed by atoms with E-state index in [2.05, 4.69) is 29.4 Å². The predicted molar refractivity (Wildman–Crippen MR) is 137 cm³/mol.